The van der Waals surface area contributed by atoms with E-state index in [1.807, 2.05) is 6.92 Å². The smallest absolute Gasteiger partial charge is 0.266 e. The molecular formula is C17H24O3S. The van der Waals surface area contributed by atoms with Crippen molar-refractivity contribution in [1.82, 2.24) is 0 Å². The minimum Gasteiger partial charge on any atom is -0.266 e. The lowest BCUT2D eigenvalue weighted by Crippen LogP contribution is -2.53. The van der Waals surface area contributed by atoms with Crippen LogP contribution >= 0.6 is 0 Å². The lowest BCUT2D eigenvalue weighted by Gasteiger charge is -2.60. The summed E-state index contributed by atoms with van der Waals surface area (Å²) in [5.74, 6) is 1.82. The molecule has 0 radical (unpaired) electrons. The van der Waals surface area contributed by atoms with Gasteiger partial charge in [-0.3, -0.25) is 4.18 Å². The predicted octanol–water partition coefficient (Wildman–Crippen LogP) is 3.77. The van der Waals surface area contributed by atoms with E-state index in [1.54, 1.807) is 24.3 Å². The lowest BCUT2D eigenvalue weighted by molar-refractivity contribution is -0.113. The molecule has 0 aliphatic heterocycles. The van der Waals surface area contributed by atoms with E-state index in [4.69, 9.17) is 4.18 Å². The highest BCUT2D eigenvalue weighted by Crippen LogP contribution is 2.61. The van der Waals surface area contributed by atoms with Gasteiger partial charge < -0.3 is 0 Å². The maximum Gasteiger partial charge on any atom is 0.296 e. The van der Waals surface area contributed by atoms with E-state index in [2.05, 4.69) is 13.8 Å². The predicted molar refractivity (Wildman–Crippen MR) is 82.4 cm³/mol. The first-order chi connectivity index (χ1) is 9.80. The highest BCUT2D eigenvalue weighted by atomic mass is 32.2. The molecule has 3 saturated carbocycles. The normalized spacial score (nSPS) is 30.7. The van der Waals surface area contributed by atoms with Gasteiger partial charge in [0.1, 0.15) is 0 Å². The number of rotatable bonds is 4. The molecule has 116 valence electrons. The number of benzene rings is 1. The first kappa shape index (κ1) is 15.0. The number of hydrogen-bond acceptors (Lipinski definition) is 3. The average molecular weight is 308 g/mol. The van der Waals surface area contributed by atoms with Gasteiger partial charge in [-0.1, -0.05) is 31.5 Å². The average Bonchev–Trinajstić information content (AvgIpc) is 2.45. The Kier molecular flexibility index (Phi) is 3.65. The molecule has 3 aliphatic carbocycles. The second kappa shape index (κ2) is 5.10. The molecule has 0 unspecified atom stereocenters. The standard InChI is InChI=1S/C17H24O3S/c1-12-4-8-15(9-5-12)21(18,19)20-11-13-6-7-14-10-16(13)17(14,2)3/h4-5,8-9,13-14,16H,6-7,10-11H2,1-3H3/t13-,14+,16+/m0/s1. The van der Waals surface area contributed by atoms with Gasteiger partial charge in [0, 0.05) is 0 Å². The molecule has 21 heavy (non-hydrogen) atoms. The molecule has 3 atom stereocenters. The molecule has 1 aromatic carbocycles. The van der Waals surface area contributed by atoms with Gasteiger partial charge in [-0.25, -0.2) is 0 Å². The molecule has 0 spiro atoms. The molecule has 0 heterocycles. The minimum absolute atomic E-state index is 0.259. The van der Waals surface area contributed by atoms with Gasteiger partial charge in [-0.15, -0.1) is 0 Å². The zero-order valence-electron chi connectivity index (χ0n) is 13.0. The summed E-state index contributed by atoms with van der Waals surface area (Å²) in [7, 11) is -3.62. The largest absolute Gasteiger partial charge is 0.296 e. The zero-order chi connectivity index (χ0) is 15.3. The van der Waals surface area contributed by atoms with E-state index in [0.717, 1.165) is 17.9 Å². The van der Waals surface area contributed by atoms with Crippen molar-refractivity contribution in [2.45, 2.75) is 44.9 Å². The summed E-state index contributed by atoms with van der Waals surface area (Å²) in [5, 5.41) is 0. The Morgan fingerprint density at radius 3 is 2.43 bits per heavy atom. The van der Waals surface area contributed by atoms with E-state index in [-0.39, 0.29) is 4.90 Å². The molecule has 0 aromatic heterocycles. The van der Waals surface area contributed by atoms with Crippen LogP contribution in [0.25, 0.3) is 0 Å². The van der Waals surface area contributed by atoms with Gasteiger partial charge in [0.05, 0.1) is 11.5 Å². The van der Waals surface area contributed by atoms with Crippen LogP contribution in [0, 0.1) is 30.1 Å². The number of fused-ring (bicyclic) bond motifs is 2. The van der Waals surface area contributed by atoms with Crippen LogP contribution in [0.3, 0.4) is 0 Å². The van der Waals surface area contributed by atoms with Crippen LogP contribution in [-0.4, -0.2) is 15.0 Å². The summed E-state index contributed by atoms with van der Waals surface area (Å²) in [6.07, 6.45) is 3.55. The van der Waals surface area contributed by atoms with Gasteiger partial charge in [0.15, 0.2) is 0 Å². The van der Waals surface area contributed by atoms with Crippen molar-refractivity contribution in [2.24, 2.45) is 23.2 Å². The zero-order valence-corrected chi connectivity index (χ0v) is 13.8. The summed E-state index contributed by atoms with van der Waals surface area (Å²) >= 11 is 0. The Labute approximate surface area is 127 Å². The van der Waals surface area contributed by atoms with Gasteiger partial charge in [-0.2, -0.15) is 8.42 Å². The molecule has 0 N–H and O–H groups in total. The van der Waals surface area contributed by atoms with Crippen molar-refractivity contribution in [3.63, 3.8) is 0 Å². The molecule has 4 heteroatoms. The second-order valence-electron chi connectivity index (χ2n) is 7.25. The first-order valence-corrected chi connectivity index (χ1v) is 9.17. The van der Waals surface area contributed by atoms with Crippen molar-refractivity contribution in [1.29, 1.82) is 0 Å². The van der Waals surface area contributed by atoms with Crippen LogP contribution in [0.15, 0.2) is 29.2 Å². The third-order valence-corrected chi connectivity index (χ3v) is 7.04. The fraction of sp³-hybridized carbons (Fsp3) is 0.647. The maximum absolute atomic E-state index is 12.2. The quantitative estimate of drug-likeness (QED) is 0.795. The van der Waals surface area contributed by atoms with E-state index >= 15 is 0 Å². The van der Waals surface area contributed by atoms with Crippen LogP contribution in [0.4, 0.5) is 0 Å². The van der Waals surface area contributed by atoms with Gasteiger partial charge in [-0.05, 0) is 61.5 Å². The number of hydrogen-bond donors (Lipinski definition) is 0. The van der Waals surface area contributed by atoms with Crippen LogP contribution in [-0.2, 0) is 14.3 Å². The Bertz CT molecular complexity index is 614. The summed E-state index contributed by atoms with van der Waals surface area (Å²) in [6.45, 7) is 6.89. The van der Waals surface area contributed by atoms with Crippen molar-refractivity contribution in [3.05, 3.63) is 29.8 Å². The molecule has 4 rings (SSSR count). The molecule has 3 aliphatic rings. The lowest BCUT2D eigenvalue weighted by atomic mass is 9.46. The van der Waals surface area contributed by atoms with E-state index < -0.39 is 10.1 Å². The van der Waals surface area contributed by atoms with Crippen LogP contribution in [0.2, 0.25) is 0 Å². The molecule has 1 aromatic rings. The minimum atomic E-state index is -3.62. The Balaban J connectivity index is 1.66. The Hall–Kier alpha value is -0.870. The van der Waals surface area contributed by atoms with Crippen molar-refractivity contribution < 1.29 is 12.6 Å². The first-order valence-electron chi connectivity index (χ1n) is 7.77. The molecule has 2 bridgehead atoms. The summed E-state index contributed by atoms with van der Waals surface area (Å²) < 4.78 is 29.8. The van der Waals surface area contributed by atoms with Crippen LogP contribution in [0.1, 0.15) is 38.7 Å². The highest BCUT2D eigenvalue weighted by Gasteiger charge is 2.54. The fourth-order valence-electron chi connectivity index (χ4n) is 4.11. The summed E-state index contributed by atoms with van der Waals surface area (Å²) in [5.41, 5.74) is 1.41. The number of aryl methyl sites for hydroxylation is 1. The van der Waals surface area contributed by atoms with E-state index in [0.29, 0.717) is 23.9 Å². The van der Waals surface area contributed by atoms with E-state index in [9.17, 15) is 8.42 Å². The van der Waals surface area contributed by atoms with Gasteiger partial charge in [0.2, 0.25) is 0 Å². The molecule has 3 fully saturated rings. The Morgan fingerprint density at radius 1 is 1.19 bits per heavy atom. The van der Waals surface area contributed by atoms with Crippen molar-refractivity contribution >= 4 is 10.1 Å². The van der Waals surface area contributed by atoms with E-state index in [1.165, 1.54) is 12.8 Å². The molecular weight excluding hydrogens is 284 g/mol. The van der Waals surface area contributed by atoms with Crippen molar-refractivity contribution in [2.75, 3.05) is 6.61 Å². The van der Waals surface area contributed by atoms with Gasteiger partial charge >= 0.3 is 0 Å². The van der Waals surface area contributed by atoms with Crippen LogP contribution in [0.5, 0.6) is 0 Å². The summed E-state index contributed by atoms with van der Waals surface area (Å²) in [6, 6.07) is 6.84. The third-order valence-electron chi connectivity index (χ3n) is 5.75. The highest BCUT2D eigenvalue weighted by molar-refractivity contribution is 7.86. The monoisotopic (exact) mass is 308 g/mol. The van der Waals surface area contributed by atoms with Gasteiger partial charge in [0.25, 0.3) is 10.1 Å². The molecule has 0 amide bonds. The maximum atomic E-state index is 12.2. The fourth-order valence-corrected chi connectivity index (χ4v) is 5.07. The second-order valence-corrected chi connectivity index (χ2v) is 8.86. The topological polar surface area (TPSA) is 43.4 Å². The molecule has 0 saturated heterocycles. The van der Waals surface area contributed by atoms with Crippen molar-refractivity contribution in [3.8, 4) is 0 Å². The Morgan fingerprint density at radius 2 is 1.86 bits per heavy atom. The third kappa shape index (κ3) is 2.64. The summed E-state index contributed by atoms with van der Waals surface area (Å²) in [4.78, 5) is 0.259. The SMILES string of the molecule is Cc1ccc(S(=O)(=O)OC[C@@H]2CC[C@@H]3C[C@H]2C3(C)C)cc1. The van der Waals surface area contributed by atoms with Crippen LogP contribution < -0.4 is 0 Å². The molecule has 3 nitrogen and oxygen atoms in total.